The Balaban J connectivity index is 2.38. The first-order valence-electron chi connectivity index (χ1n) is 7.91. The van der Waals surface area contributed by atoms with Crippen molar-refractivity contribution in [2.75, 3.05) is 0 Å². The minimum absolute atomic E-state index is 0.0561. The van der Waals surface area contributed by atoms with Gasteiger partial charge in [0.15, 0.2) is 8.24 Å². The van der Waals surface area contributed by atoms with Gasteiger partial charge in [-0.25, -0.2) is 0 Å². The maximum atomic E-state index is 13.1. The highest BCUT2D eigenvalue weighted by Crippen LogP contribution is 2.46. The third kappa shape index (κ3) is 2.69. The van der Waals surface area contributed by atoms with Crippen molar-refractivity contribution in [2.45, 2.75) is 62.5 Å². The zero-order chi connectivity index (χ0) is 16.7. The molecule has 1 fully saturated rings. The van der Waals surface area contributed by atoms with Crippen LogP contribution in [0.15, 0.2) is 35.2 Å². The number of amides is 1. The molecule has 3 atom stereocenters. The molecule has 3 nitrogen and oxygen atoms in total. The zero-order valence-electron chi connectivity index (χ0n) is 14.4. The third-order valence-corrected chi connectivity index (χ3v) is 12.5. The molecule has 22 heavy (non-hydrogen) atoms. The Morgan fingerprint density at radius 3 is 2.18 bits per heavy atom. The predicted molar refractivity (Wildman–Crippen MR) is 94.5 cm³/mol. The maximum absolute atomic E-state index is 13.1. The first-order valence-corrected chi connectivity index (χ1v) is 12.1. The minimum Gasteiger partial charge on any atom is -0.354 e. The normalized spacial score (nSPS) is 24.1. The Morgan fingerprint density at radius 1 is 1.18 bits per heavy atom. The Morgan fingerprint density at radius 2 is 1.73 bits per heavy atom. The summed E-state index contributed by atoms with van der Waals surface area (Å²) in [6.45, 7) is 13.0. The van der Waals surface area contributed by atoms with Crippen molar-refractivity contribution in [1.29, 1.82) is 0 Å². The molecule has 122 valence electrons. The number of rotatable bonds is 4. The molecule has 0 aliphatic carbocycles. The first kappa shape index (κ1) is 17.4. The van der Waals surface area contributed by atoms with Crippen LogP contribution < -0.4 is 0 Å². The van der Waals surface area contributed by atoms with E-state index < -0.39 is 19.0 Å². The molecule has 1 heterocycles. The van der Waals surface area contributed by atoms with E-state index in [1.165, 1.54) is 0 Å². The molecular formula is C17H27NO2SSi. The largest absolute Gasteiger partial charge is 0.354 e. The standard InChI is InChI=1S/C17H27NO2SSi/c1-7-14-15(19)18(22(5,6)17(2,3)4)16(14)21(20)13-11-9-8-10-12-13/h8-12,14,16H,7H2,1-6H3/t14-,16?,21?/m1/s1. The summed E-state index contributed by atoms with van der Waals surface area (Å²) in [5.41, 5.74) is 0. The van der Waals surface area contributed by atoms with Gasteiger partial charge in [-0.15, -0.1) is 0 Å². The van der Waals surface area contributed by atoms with Crippen LogP contribution in [0.1, 0.15) is 34.1 Å². The van der Waals surface area contributed by atoms with Crippen molar-refractivity contribution in [1.82, 2.24) is 4.57 Å². The lowest BCUT2D eigenvalue weighted by Gasteiger charge is -2.57. The van der Waals surface area contributed by atoms with E-state index >= 15 is 0 Å². The Kier molecular flexibility index (Phi) is 4.69. The molecule has 1 aliphatic heterocycles. The number of carbonyl (C=O) groups excluding carboxylic acids is 1. The number of carbonyl (C=O) groups is 1. The van der Waals surface area contributed by atoms with E-state index in [9.17, 15) is 9.00 Å². The van der Waals surface area contributed by atoms with Gasteiger partial charge >= 0.3 is 0 Å². The smallest absolute Gasteiger partial charge is 0.221 e. The molecular weight excluding hydrogens is 310 g/mol. The monoisotopic (exact) mass is 337 g/mol. The van der Waals surface area contributed by atoms with Crippen LogP contribution in [0.5, 0.6) is 0 Å². The zero-order valence-corrected chi connectivity index (χ0v) is 16.2. The molecule has 1 amide bonds. The van der Waals surface area contributed by atoms with Gasteiger partial charge < -0.3 is 4.57 Å². The van der Waals surface area contributed by atoms with E-state index in [0.29, 0.717) is 0 Å². The van der Waals surface area contributed by atoms with Gasteiger partial charge in [-0.2, -0.15) is 0 Å². The van der Waals surface area contributed by atoms with Crippen LogP contribution >= 0.6 is 0 Å². The molecule has 2 unspecified atom stereocenters. The number of hydrogen-bond acceptors (Lipinski definition) is 2. The second-order valence-electron chi connectivity index (χ2n) is 7.53. The fourth-order valence-electron chi connectivity index (χ4n) is 2.79. The summed E-state index contributed by atoms with van der Waals surface area (Å²) in [5, 5.41) is -0.110. The van der Waals surface area contributed by atoms with Gasteiger partial charge in [0, 0.05) is 4.90 Å². The Hall–Kier alpha value is -0.943. The topological polar surface area (TPSA) is 37.4 Å². The molecule has 1 saturated heterocycles. The van der Waals surface area contributed by atoms with Crippen molar-refractivity contribution in [3.63, 3.8) is 0 Å². The van der Waals surface area contributed by atoms with E-state index in [-0.39, 0.29) is 22.2 Å². The number of benzene rings is 1. The Labute approximate surface area is 137 Å². The SMILES string of the molecule is CC[C@@H]1C(=O)N([Si](C)(C)C(C)(C)C)C1S(=O)c1ccccc1. The van der Waals surface area contributed by atoms with Crippen molar-refractivity contribution < 1.29 is 9.00 Å². The van der Waals surface area contributed by atoms with Crippen LogP contribution in [-0.2, 0) is 15.6 Å². The van der Waals surface area contributed by atoms with Gasteiger partial charge in [0.05, 0.1) is 16.7 Å². The van der Waals surface area contributed by atoms with E-state index in [0.717, 1.165) is 11.3 Å². The van der Waals surface area contributed by atoms with E-state index in [1.54, 1.807) is 0 Å². The fraction of sp³-hybridized carbons (Fsp3) is 0.588. The van der Waals surface area contributed by atoms with Gasteiger partial charge in [0.25, 0.3) is 0 Å². The average molecular weight is 338 g/mol. The van der Waals surface area contributed by atoms with E-state index in [1.807, 2.05) is 41.8 Å². The first-order chi connectivity index (χ1) is 10.1. The molecule has 1 aromatic carbocycles. The lowest BCUT2D eigenvalue weighted by molar-refractivity contribution is -0.143. The quantitative estimate of drug-likeness (QED) is 0.615. The molecule has 0 aromatic heterocycles. The predicted octanol–water partition coefficient (Wildman–Crippen LogP) is 3.99. The maximum Gasteiger partial charge on any atom is 0.221 e. The second kappa shape index (κ2) is 5.93. The lowest BCUT2D eigenvalue weighted by atomic mass is 9.99. The highest BCUT2D eigenvalue weighted by Gasteiger charge is 2.58. The van der Waals surface area contributed by atoms with Crippen LogP contribution in [0, 0.1) is 5.92 Å². The van der Waals surface area contributed by atoms with Crippen LogP contribution in [0.3, 0.4) is 0 Å². The minimum atomic E-state index is -2.01. The molecule has 1 aliphatic rings. The third-order valence-electron chi connectivity index (χ3n) is 5.23. The van der Waals surface area contributed by atoms with E-state index in [2.05, 4.69) is 33.9 Å². The molecule has 0 bridgehead atoms. The summed E-state index contributed by atoms with van der Waals surface area (Å²) in [5.74, 6) is 0.0959. The second-order valence-corrected chi connectivity index (χ2v) is 14.2. The Bertz CT molecular complexity index is 580. The highest BCUT2D eigenvalue weighted by atomic mass is 32.2. The summed E-state index contributed by atoms with van der Waals surface area (Å²) in [6, 6.07) is 9.54. The molecule has 5 heteroatoms. The van der Waals surface area contributed by atoms with Crippen molar-refractivity contribution >= 4 is 24.9 Å². The summed E-state index contributed by atoms with van der Waals surface area (Å²) in [4.78, 5) is 13.5. The highest BCUT2D eigenvalue weighted by molar-refractivity contribution is 7.86. The number of β-lactam (4-membered cyclic amide) rings is 1. The van der Waals surface area contributed by atoms with Crippen LogP contribution in [0.4, 0.5) is 0 Å². The van der Waals surface area contributed by atoms with Crippen molar-refractivity contribution in [3.05, 3.63) is 30.3 Å². The van der Waals surface area contributed by atoms with Gasteiger partial charge in [-0.1, -0.05) is 59.0 Å². The lowest BCUT2D eigenvalue weighted by Crippen LogP contribution is -2.73. The summed E-state index contributed by atoms with van der Waals surface area (Å²) >= 11 is 0. The van der Waals surface area contributed by atoms with Crippen LogP contribution in [0.25, 0.3) is 0 Å². The molecule has 1 aromatic rings. The van der Waals surface area contributed by atoms with Gasteiger partial charge in [0.1, 0.15) is 5.37 Å². The summed E-state index contributed by atoms with van der Waals surface area (Å²) in [6.07, 6.45) is 0.757. The number of hydrogen-bond donors (Lipinski definition) is 0. The van der Waals surface area contributed by atoms with Gasteiger partial charge in [-0.3, -0.25) is 9.00 Å². The number of nitrogens with zero attached hydrogens (tertiary/aromatic N) is 1. The van der Waals surface area contributed by atoms with E-state index in [4.69, 9.17) is 0 Å². The molecule has 0 saturated carbocycles. The van der Waals surface area contributed by atoms with Crippen molar-refractivity contribution in [3.8, 4) is 0 Å². The van der Waals surface area contributed by atoms with Crippen LogP contribution in [-0.4, -0.2) is 28.3 Å². The van der Waals surface area contributed by atoms with Crippen LogP contribution in [0.2, 0.25) is 18.1 Å². The molecule has 0 spiro atoms. The summed E-state index contributed by atoms with van der Waals surface area (Å²) in [7, 11) is -3.17. The average Bonchev–Trinajstić information content (AvgIpc) is 2.44. The molecule has 0 N–H and O–H groups in total. The van der Waals surface area contributed by atoms with Gasteiger partial charge in [-0.05, 0) is 23.6 Å². The van der Waals surface area contributed by atoms with Gasteiger partial charge in [0.2, 0.25) is 5.91 Å². The summed E-state index contributed by atoms with van der Waals surface area (Å²) < 4.78 is 15.1. The molecule has 2 rings (SSSR count). The fourth-order valence-corrected chi connectivity index (χ4v) is 7.73. The molecule has 0 radical (unpaired) electrons. The van der Waals surface area contributed by atoms with Crippen molar-refractivity contribution in [2.24, 2.45) is 5.92 Å².